The molecule has 1 heterocycles. The van der Waals surface area contributed by atoms with Crippen molar-refractivity contribution >= 4 is 31.7 Å². The van der Waals surface area contributed by atoms with Crippen LogP contribution >= 0.6 is 15.9 Å². The van der Waals surface area contributed by atoms with Gasteiger partial charge in [0.1, 0.15) is 0 Å². The van der Waals surface area contributed by atoms with Gasteiger partial charge in [0.25, 0.3) is 0 Å². The topological polar surface area (TPSA) is 73.3 Å². The molecule has 0 aromatic carbocycles. The van der Waals surface area contributed by atoms with Crippen LogP contribution in [0.4, 0.5) is 0 Å². The highest BCUT2D eigenvalue weighted by Gasteiger charge is 2.44. The van der Waals surface area contributed by atoms with Gasteiger partial charge in [0.05, 0.1) is 6.61 Å². The number of hydrogen-bond donors (Lipinski definition) is 0. The molecule has 1 atom stereocenters. The summed E-state index contributed by atoms with van der Waals surface area (Å²) in [5.41, 5.74) is 0.729. The van der Waals surface area contributed by atoms with Crippen molar-refractivity contribution in [1.82, 2.24) is 4.98 Å². The SMILES string of the molecule is CCOC(=O)C(C)(CCc1ccc(Br)cn1)S(C)(=O)=O. The van der Waals surface area contributed by atoms with E-state index in [1.54, 1.807) is 19.2 Å². The molecule has 1 aromatic rings. The second-order valence-corrected chi connectivity index (χ2v) is 8.05. The average molecular weight is 364 g/mol. The van der Waals surface area contributed by atoms with E-state index < -0.39 is 20.6 Å². The normalized spacial score (nSPS) is 14.6. The Kier molecular flexibility index (Phi) is 5.70. The Bertz CT molecular complexity index is 571. The largest absolute Gasteiger partial charge is 0.465 e. The van der Waals surface area contributed by atoms with Crippen molar-refractivity contribution in [3.05, 3.63) is 28.5 Å². The van der Waals surface area contributed by atoms with Gasteiger partial charge in [-0.1, -0.05) is 0 Å². The Morgan fingerprint density at radius 1 is 1.45 bits per heavy atom. The first-order valence-corrected chi connectivity index (χ1v) is 8.86. The van der Waals surface area contributed by atoms with Crippen molar-refractivity contribution in [2.24, 2.45) is 0 Å². The average Bonchev–Trinajstić information content (AvgIpc) is 2.36. The van der Waals surface area contributed by atoms with Gasteiger partial charge in [0.2, 0.25) is 0 Å². The van der Waals surface area contributed by atoms with E-state index in [0.29, 0.717) is 6.42 Å². The Hall–Kier alpha value is -0.950. The maximum atomic E-state index is 12.0. The quantitative estimate of drug-likeness (QED) is 0.723. The Labute approximate surface area is 127 Å². The highest BCUT2D eigenvalue weighted by Crippen LogP contribution is 2.25. The highest BCUT2D eigenvalue weighted by molar-refractivity contribution is 9.10. The second kappa shape index (κ2) is 6.67. The van der Waals surface area contributed by atoms with Gasteiger partial charge in [-0.15, -0.1) is 0 Å². The number of nitrogens with zero attached hydrogens (tertiary/aromatic N) is 1. The van der Waals surface area contributed by atoms with E-state index in [1.165, 1.54) is 6.92 Å². The number of pyridine rings is 1. The molecule has 0 bridgehead atoms. The van der Waals surface area contributed by atoms with Gasteiger partial charge in [-0.05, 0) is 54.8 Å². The van der Waals surface area contributed by atoms with Crippen molar-refractivity contribution in [1.29, 1.82) is 0 Å². The summed E-state index contributed by atoms with van der Waals surface area (Å²) in [6.07, 6.45) is 3.21. The van der Waals surface area contributed by atoms with Crippen LogP contribution in [0.5, 0.6) is 0 Å². The lowest BCUT2D eigenvalue weighted by Crippen LogP contribution is -2.44. The summed E-state index contributed by atoms with van der Waals surface area (Å²) in [7, 11) is -3.58. The zero-order chi connectivity index (χ0) is 15.4. The van der Waals surface area contributed by atoms with Crippen molar-refractivity contribution in [3.63, 3.8) is 0 Å². The molecule has 112 valence electrons. The zero-order valence-corrected chi connectivity index (χ0v) is 14.1. The molecule has 0 aliphatic rings. The summed E-state index contributed by atoms with van der Waals surface area (Å²) in [6, 6.07) is 3.61. The fourth-order valence-electron chi connectivity index (χ4n) is 1.64. The van der Waals surface area contributed by atoms with Crippen LogP contribution in [0.1, 0.15) is 26.0 Å². The van der Waals surface area contributed by atoms with E-state index in [1.807, 2.05) is 6.07 Å². The van der Waals surface area contributed by atoms with Gasteiger partial charge in [-0.3, -0.25) is 9.78 Å². The van der Waals surface area contributed by atoms with Gasteiger partial charge >= 0.3 is 5.97 Å². The fraction of sp³-hybridized carbons (Fsp3) is 0.538. The number of aryl methyl sites for hydroxylation is 1. The van der Waals surface area contributed by atoms with Crippen LogP contribution in [0.3, 0.4) is 0 Å². The molecule has 0 aliphatic carbocycles. The number of sulfone groups is 1. The number of hydrogen-bond acceptors (Lipinski definition) is 5. The summed E-state index contributed by atoms with van der Waals surface area (Å²) in [5, 5.41) is 0. The summed E-state index contributed by atoms with van der Waals surface area (Å²) in [6.45, 7) is 3.20. The third-order valence-electron chi connectivity index (χ3n) is 3.17. The van der Waals surface area contributed by atoms with E-state index >= 15 is 0 Å². The van der Waals surface area contributed by atoms with E-state index in [-0.39, 0.29) is 13.0 Å². The molecule has 1 aromatic heterocycles. The van der Waals surface area contributed by atoms with Crippen LogP contribution in [0.2, 0.25) is 0 Å². The van der Waals surface area contributed by atoms with Gasteiger partial charge < -0.3 is 4.74 Å². The van der Waals surface area contributed by atoms with E-state index in [2.05, 4.69) is 20.9 Å². The first-order chi connectivity index (χ1) is 9.20. The van der Waals surface area contributed by atoms with E-state index in [4.69, 9.17) is 4.74 Å². The molecule has 0 N–H and O–H groups in total. The molecule has 5 nitrogen and oxygen atoms in total. The lowest BCUT2D eigenvalue weighted by atomic mass is 10.0. The maximum absolute atomic E-state index is 12.0. The lowest BCUT2D eigenvalue weighted by molar-refractivity contribution is -0.146. The smallest absolute Gasteiger partial charge is 0.327 e. The first kappa shape index (κ1) is 17.1. The number of rotatable bonds is 6. The number of carbonyl (C=O) groups is 1. The van der Waals surface area contributed by atoms with Gasteiger partial charge in [-0.2, -0.15) is 0 Å². The molecule has 0 saturated carbocycles. The predicted molar refractivity (Wildman–Crippen MR) is 80.1 cm³/mol. The zero-order valence-electron chi connectivity index (χ0n) is 11.7. The van der Waals surface area contributed by atoms with Crippen LogP contribution in [0.15, 0.2) is 22.8 Å². The summed E-state index contributed by atoms with van der Waals surface area (Å²) in [5.74, 6) is -0.709. The number of halogens is 1. The Balaban J connectivity index is 2.91. The van der Waals surface area contributed by atoms with Crippen LogP contribution in [0.25, 0.3) is 0 Å². The molecule has 0 radical (unpaired) electrons. The minimum Gasteiger partial charge on any atom is -0.465 e. The van der Waals surface area contributed by atoms with Gasteiger partial charge in [0.15, 0.2) is 14.6 Å². The third-order valence-corrected chi connectivity index (χ3v) is 5.65. The van der Waals surface area contributed by atoms with Crippen LogP contribution in [0, 0.1) is 0 Å². The molecule has 0 spiro atoms. The van der Waals surface area contributed by atoms with Gasteiger partial charge in [-0.25, -0.2) is 8.42 Å². The Morgan fingerprint density at radius 2 is 2.10 bits per heavy atom. The summed E-state index contributed by atoms with van der Waals surface area (Å²) >= 11 is 3.28. The molecule has 20 heavy (non-hydrogen) atoms. The molecule has 0 fully saturated rings. The van der Waals surface area contributed by atoms with E-state index in [9.17, 15) is 13.2 Å². The molecule has 0 amide bonds. The minimum atomic E-state index is -3.58. The van der Waals surface area contributed by atoms with E-state index in [0.717, 1.165) is 16.4 Å². The minimum absolute atomic E-state index is 0.138. The molecular formula is C13H18BrNO4S. The van der Waals surface area contributed by atoms with Gasteiger partial charge in [0, 0.05) is 22.6 Å². The second-order valence-electron chi connectivity index (χ2n) is 4.69. The molecule has 7 heteroatoms. The fourth-order valence-corrected chi connectivity index (χ4v) is 2.71. The van der Waals surface area contributed by atoms with Crippen molar-refractivity contribution in [3.8, 4) is 0 Å². The van der Waals surface area contributed by atoms with Crippen LogP contribution in [-0.2, 0) is 25.8 Å². The first-order valence-electron chi connectivity index (χ1n) is 6.18. The molecular weight excluding hydrogens is 346 g/mol. The molecule has 0 aliphatic heterocycles. The third kappa shape index (κ3) is 4.02. The molecule has 0 saturated heterocycles. The summed E-state index contributed by atoms with van der Waals surface area (Å²) < 4.78 is 28.0. The van der Waals surface area contributed by atoms with Crippen molar-refractivity contribution < 1.29 is 17.9 Å². The van der Waals surface area contributed by atoms with Crippen LogP contribution in [-0.4, -0.2) is 37.0 Å². The van der Waals surface area contributed by atoms with Crippen LogP contribution < -0.4 is 0 Å². The highest BCUT2D eigenvalue weighted by atomic mass is 79.9. The molecule has 1 unspecified atom stereocenters. The van der Waals surface area contributed by atoms with Crippen molar-refractivity contribution in [2.75, 3.05) is 12.9 Å². The monoisotopic (exact) mass is 363 g/mol. The number of aromatic nitrogens is 1. The maximum Gasteiger partial charge on any atom is 0.327 e. The number of esters is 1. The lowest BCUT2D eigenvalue weighted by Gasteiger charge is -2.25. The number of carbonyl (C=O) groups excluding carboxylic acids is 1. The summed E-state index contributed by atoms with van der Waals surface area (Å²) in [4.78, 5) is 16.1. The Morgan fingerprint density at radius 3 is 2.55 bits per heavy atom. The number of ether oxygens (including phenoxy) is 1. The predicted octanol–water partition coefficient (Wildman–Crippen LogP) is 2.14. The standard InChI is InChI=1S/C13H18BrNO4S/c1-4-19-12(16)13(2,20(3,17)18)8-7-11-6-5-10(14)9-15-11/h5-6,9H,4,7-8H2,1-3H3. The molecule has 1 rings (SSSR count). The van der Waals surface area contributed by atoms with Crippen molar-refractivity contribution in [2.45, 2.75) is 31.4 Å².